The van der Waals surface area contributed by atoms with Gasteiger partial charge in [-0.05, 0) is 13.3 Å². The molecule has 0 aliphatic heterocycles. The molecule has 0 atom stereocenters. The van der Waals surface area contributed by atoms with Crippen LogP contribution < -0.4 is 16.6 Å². The van der Waals surface area contributed by atoms with Crippen LogP contribution in [0, 0.1) is 0 Å². The molecule has 0 fully saturated rings. The van der Waals surface area contributed by atoms with E-state index in [1.165, 1.54) is 0 Å². The molecule has 0 spiro atoms. The second-order valence-corrected chi connectivity index (χ2v) is 3.46. The van der Waals surface area contributed by atoms with Gasteiger partial charge in [0.2, 0.25) is 5.96 Å². The summed E-state index contributed by atoms with van der Waals surface area (Å²) in [7, 11) is 1.65. The molecule has 0 saturated heterocycles. The van der Waals surface area contributed by atoms with Gasteiger partial charge in [-0.1, -0.05) is 0 Å². The van der Waals surface area contributed by atoms with Crippen LogP contribution in [0.3, 0.4) is 0 Å². The van der Waals surface area contributed by atoms with Gasteiger partial charge in [0.25, 0.3) is 0 Å². The topological polar surface area (TPSA) is 90.1 Å². The van der Waals surface area contributed by atoms with Crippen molar-refractivity contribution in [1.82, 2.24) is 10.7 Å². The van der Waals surface area contributed by atoms with Gasteiger partial charge in [0, 0.05) is 33.4 Å². The van der Waals surface area contributed by atoms with E-state index in [2.05, 4.69) is 15.7 Å². The SMILES string of the molecule is CCOCCCN=C(NN)NCCOCCOC. The molecule has 0 saturated carbocycles. The normalized spacial score (nSPS) is 11.6. The molecule has 0 unspecified atom stereocenters. The smallest absolute Gasteiger partial charge is 0.205 e. The van der Waals surface area contributed by atoms with E-state index in [0.717, 1.165) is 19.6 Å². The Bertz CT molecular complexity index is 203. The third-order valence-corrected chi connectivity index (χ3v) is 2.03. The average Bonchev–Trinajstić information content (AvgIpc) is 2.40. The fourth-order valence-electron chi connectivity index (χ4n) is 1.14. The first-order valence-electron chi connectivity index (χ1n) is 6.24. The van der Waals surface area contributed by atoms with Crippen LogP contribution in [0.1, 0.15) is 13.3 Å². The van der Waals surface area contributed by atoms with Gasteiger partial charge in [-0.15, -0.1) is 0 Å². The molecule has 0 aliphatic carbocycles. The molecule has 0 heterocycles. The van der Waals surface area contributed by atoms with E-state index in [0.29, 0.717) is 38.9 Å². The molecule has 0 aromatic heterocycles. The van der Waals surface area contributed by atoms with Crippen molar-refractivity contribution >= 4 is 5.96 Å². The molecule has 0 bridgehead atoms. The number of hydrazine groups is 1. The van der Waals surface area contributed by atoms with Crippen LogP contribution in [-0.4, -0.2) is 59.2 Å². The highest BCUT2D eigenvalue weighted by molar-refractivity contribution is 5.79. The minimum Gasteiger partial charge on any atom is -0.382 e. The summed E-state index contributed by atoms with van der Waals surface area (Å²) in [6.45, 7) is 6.54. The zero-order valence-electron chi connectivity index (χ0n) is 11.4. The predicted molar refractivity (Wildman–Crippen MR) is 71.4 cm³/mol. The van der Waals surface area contributed by atoms with Crippen LogP contribution in [0.15, 0.2) is 4.99 Å². The van der Waals surface area contributed by atoms with Crippen LogP contribution in [0.4, 0.5) is 0 Å². The molecule has 7 nitrogen and oxygen atoms in total. The number of hydrogen-bond acceptors (Lipinski definition) is 5. The van der Waals surface area contributed by atoms with Crippen molar-refractivity contribution in [1.29, 1.82) is 0 Å². The summed E-state index contributed by atoms with van der Waals surface area (Å²) in [5.74, 6) is 5.91. The summed E-state index contributed by atoms with van der Waals surface area (Å²) in [4.78, 5) is 4.26. The summed E-state index contributed by atoms with van der Waals surface area (Å²) in [6, 6.07) is 0. The summed E-state index contributed by atoms with van der Waals surface area (Å²) in [6.07, 6.45) is 0.880. The maximum atomic E-state index is 5.34. The first-order chi connectivity index (χ1) is 8.85. The molecule has 108 valence electrons. The van der Waals surface area contributed by atoms with Crippen molar-refractivity contribution in [3.8, 4) is 0 Å². The fourth-order valence-corrected chi connectivity index (χ4v) is 1.14. The van der Waals surface area contributed by atoms with E-state index >= 15 is 0 Å². The molecule has 0 aliphatic rings. The van der Waals surface area contributed by atoms with Crippen molar-refractivity contribution in [3.63, 3.8) is 0 Å². The number of methoxy groups -OCH3 is 1. The lowest BCUT2D eigenvalue weighted by Gasteiger charge is -2.09. The fraction of sp³-hybridized carbons (Fsp3) is 0.909. The first kappa shape index (κ1) is 17.1. The van der Waals surface area contributed by atoms with Gasteiger partial charge in [0.1, 0.15) is 0 Å². The molecule has 18 heavy (non-hydrogen) atoms. The van der Waals surface area contributed by atoms with Crippen LogP contribution >= 0.6 is 0 Å². The standard InChI is InChI=1S/C11H26N4O3/c1-3-17-7-4-5-13-11(15-12)14-6-8-18-10-9-16-2/h3-10,12H2,1-2H3,(H2,13,14,15). The Hall–Kier alpha value is -0.890. The van der Waals surface area contributed by atoms with Gasteiger partial charge in [-0.3, -0.25) is 10.4 Å². The Morgan fingerprint density at radius 1 is 1.17 bits per heavy atom. The molecule has 0 aromatic carbocycles. The van der Waals surface area contributed by atoms with Gasteiger partial charge in [0.05, 0.1) is 19.8 Å². The maximum absolute atomic E-state index is 5.34. The largest absolute Gasteiger partial charge is 0.382 e. The number of nitrogens with zero attached hydrogens (tertiary/aromatic N) is 1. The van der Waals surface area contributed by atoms with E-state index in [9.17, 15) is 0 Å². The molecular weight excluding hydrogens is 236 g/mol. The lowest BCUT2D eigenvalue weighted by atomic mass is 10.4. The number of ether oxygens (including phenoxy) is 3. The van der Waals surface area contributed by atoms with Crippen molar-refractivity contribution in [2.24, 2.45) is 10.8 Å². The molecule has 0 aromatic rings. The van der Waals surface area contributed by atoms with E-state index in [1.54, 1.807) is 7.11 Å². The lowest BCUT2D eigenvalue weighted by molar-refractivity contribution is 0.0733. The van der Waals surface area contributed by atoms with Crippen molar-refractivity contribution in [3.05, 3.63) is 0 Å². The Kier molecular flexibility index (Phi) is 13.5. The lowest BCUT2D eigenvalue weighted by Crippen LogP contribution is -2.43. The Balaban J connectivity index is 3.47. The highest BCUT2D eigenvalue weighted by Crippen LogP contribution is 1.84. The highest BCUT2D eigenvalue weighted by Gasteiger charge is 1.95. The second kappa shape index (κ2) is 14.2. The minimum absolute atomic E-state index is 0.571. The van der Waals surface area contributed by atoms with Crippen molar-refractivity contribution in [2.45, 2.75) is 13.3 Å². The summed E-state index contributed by atoms with van der Waals surface area (Å²) >= 11 is 0. The van der Waals surface area contributed by atoms with E-state index < -0.39 is 0 Å². The van der Waals surface area contributed by atoms with Gasteiger partial charge < -0.3 is 19.5 Å². The molecule has 7 heteroatoms. The number of nitrogens with two attached hydrogens (primary N) is 1. The molecular formula is C11H26N4O3. The van der Waals surface area contributed by atoms with Crippen molar-refractivity contribution in [2.75, 3.05) is 53.2 Å². The monoisotopic (exact) mass is 262 g/mol. The van der Waals surface area contributed by atoms with Gasteiger partial charge in [-0.25, -0.2) is 5.84 Å². The quantitative estimate of drug-likeness (QED) is 0.153. The third-order valence-electron chi connectivity index (χ3n) is 2.03. The van der Waals surface area contributed by atoms with Crippen molar-refractivity contribution < 1.29 is 14.2 Å². The zero-order valence-corrected chi connectivity index (χ0v) is 11.4. The van der Waals surface area contributed by atoms with Crippen LogP contribution in [0.25, 0.3) is 0 Å². The summed E-state index contributed by atoms with van der Waals surface area (Å²) in [5.41, 5.74) is 2.51. The molecule has 4 N–H and O–H groups in total. The summed E-state index contributed by atoms with van der Waals surface area (Å²) < 4.78 is 15.4. The van der Waals surface area contributed by atoms with Crippen LogP contribution in [0.5, 0.6) is 0 Å². The Morgan fingerprint density at radius 3 is 2.67 bits per heavy atom. The maximum Gasteiger partial charge on any atom is 0.205 e. The van der Waals surface area contributed by atoms with Crippen LogP contribution in [0.2, 0.25) is 0 Å². The zero-order chi connectivity index (χ0) is 13.5. The Morgan fingerprint density at radius 2 is 2.00 bits per heavy atom. The third kappa shape index (κ3) is 11.6. The number of aliphatic imine (C=N–C) groups is 1. The average molecular weight is 262 g/mol. The minimum atomic E-state index is 0.571. The molecule has 0 rings (SSSR count). The molecule has 0 radical (unpaired) electrons. The van der Waals surface area contributed by atoms with Gasteiger partial charge >= 0.3 is 0 Å². The van der Waals surface area contributed by atoms with Crippen LogP contribution in [-0.2, 0) is 14.2 Å². The Labute approximate surface area is 109 Å². The summed E-state index contributed by atoms with van der Waals surface area (Å²) in [5, 5.41) is 3.04. The second-order valence-electron chi connectivity index (χ2n) is 3.46. The number of nitrogens with one attached hydrogen (secondary N) is 2. The van der Waals surface area contributed by atoms with E-state index in [-0.39, 0.29) is 0 Å². The highest BCUT2D eigenvalue weighted by atomic mass is 16.5. The van der Waals surface area contributed by atoms with Gasteiger partial charge in [0.15, 0.2) is 0 Å². The molecule has 0 amide bonds. The number of hydrogen-bond donors (Lipinski definition) is 3. The number of guanidine groups is 1. The number of rotatable bonds is 11. The van der Waals surface area contributed by atoms with E-state index in [1.807, 2.05) is 6.92 Å². The predicted octanol–water partition coefficient (Wildman–Crippen LogP) is -0.515. The van der Waals surface area contributed by atoms with E-state index in [4.69, 9.17) is 20.1 Å². The van der Waals surface area contributed by atoms with Gasteiger partial charge in [-0.2, -0.15) is 0 Å². The first-order valence-corrected chi connectivity index (χ1v) is 6.24.